The number of fused-ring (bicyclic) bond motifs is 1. The Balaban J connectivity index is 1.83. The second-order valence-corrected chi connectivity index (χ2v) is 5.76. The number of carbonyl (C=O) groups excluding carboxylic acids is 1. The number of nitrogens with zero attached hydrogens (tertiary/aromatic N) is 1. The highest BCUT2D eigenvalue weighted by atomic mass is 35.5. The van der Waals surface area contributed by atoms with Crippen molar-refractivity contribution in [3.8, 4) is 0 Å². The number of aromatic nitrogens is 1. The first-order valence-electron chi connectivity index (χ1n) is 7.07. The van der Waals surface area contributed by atoms with Crippen LogP contribution in [-0.2, 0) is 0 Å². The minimum Gasteiger partial charge on any atom is -0.352 e. The number of amides is 1. The molecule has 104 valence electrons. The Bertz CT molecular complexity index is 635. The van der Waals surface area contributed by atoms with Crippen molar-refractivity contribution < 1.29 is 4.79 Å². The summed E-state index contributed by atoms with van der Waals surface area (Å²) >= 11 is 6.00. The van der Waals surface area contributed by atoms with Gasteiger partial charge in [0.15, 0.2) is 0 Å². The number of pyridine rings is 1. The zero-order valence-electron chi connectivity index (χ0n) is 11.2. The first-order chi connectivity index (χ1) is 9.74. The molecule has 0 spiro atoms. The average Bonchev–Trinajstić information content (AvgIpc) is 2.97. The van der Waals surface area contributed by atoms with Gasteiger partial charge >= 0.3 is 0 Å². The van der Waals surface area contributed by atoms with Crippen LogP contribution in [0.3, 0.4) is 0 Å². The molecular formula is C16H17ClN2O. The summed E-state index contributed by atoms with van der Waals surface area (Å²) in [4.78, 5) is 16.6. The second-order valence-electron chi connectivity index (χ2n) is 5.37. The van der Waals surface area contributed by atoms with E-state index in [1.54, 1.807) is 6.07 Å². The van der Waals surface area contributed by atoms with Crippen molar-refractivity contribution in [1.29, 1.82) is 0 Å². The van der Waals surface area contributed by atoms with Crippen molar-refractivity contribution in [1.82, 2.24) is 10.3 Å². The van der Waals surface area contributed by atoms with E-state index in [2.05, 4.69) is 10.3 Å². The first-order valence-corrected chi connectivity index (χ1v) is 7.45. The molecule has 0 bridgehead atoms. The molecular weight excluding hydrogens is 272 g/mol. The predicted molar refractivity (Wildman–Crippen MR) is 81.0 cm³/mol. The Hall–Kier alpha value is -1.61. The van der Waals surface area contributed by atoms with E-state index in [1.807, 2.05) is 24.3 Å². The van der Waals surface area contributed by atoms with Gasteiger partial charge in [-0.3, -0.25) is 4.79 Å². The van der Waals surface area contributed by atoms with Crippen LogP contribution in [0.5, 0.6) is 0 Å². The lowest BCUT2D eigenvalue weighted by molar-refractivity contribution is 0.0949. The summed E-state index contributed by atoms with van der Waals surface area (Å²) in [5.41, 5.74) is 1.37. The van der Waals surface area contributed by atoms with E-state index in [0.717, 1.165) is 17.4 Å². The number of carbonyl (C=O) groups is 1. The minimum atomic E-state index is -0.0580. The van der Waals surface area contributed by atoms with Gasteiger partial charge in [0.05, 0.1) is 11.1 Å². The molecule has 1 amide bonds. The van der Waals surface area contributed by atoms with Gasteiger partial charge in [0.25, 0.3) is 5.91 Å². The molecule has 2 aromatic rings. The van der Waals surface area contributed by atoms with E-state index < -0.39 is 0 Å². The number of halogens is 1. The maximum atomic E-state index is 12.4. The SMILES string of the molecule is O=C(NCC1CCCC1)c1cc(Cl)nc2ccccc12. The summed E-state index contributed by atoms with van der Waals surface area (Å²) in [5.74, 6) is 0.569. The van der Waals surface area contributed by atoms with Gasteiger partial charge in [-0.05, 0) is 30.9 Å². The van der Waals surface area contributed by atoms with Gasteiger partial charge < -0.3 is 5.32 Å². The van der Waals surface area contributed by atoms with Crippen LogP contribution in [0, 0.1) is 5.92 Å². The summed E-state index contributed by atoms with van der Waals surface area (Å²) in [6, 6.07) is 9.23. The highest BCUT2D eigenvalue weighted by molar-refractivity contribution is 6.30. The van der Waals surface area contributed by atoms with E-state index in [9.17, 15) is 4.79 Å². The Kier molecular flexibility index (Phi) is 3.88. The minimum absolute atomic E-state index is 0.0580. The van der Waals surface area contributed by atoms with Gasteiger partial charge in [-0.1, -0.05) is 42.6 Å². The van der Waals surface area contributed by atoms with Crippen LogP contribution in [0.15, 0.2) is 30.3 Å². The lowest BCUT2D eigenvalue weighted by atomic mass is 10.1. The Labute approximate surface area is 123 Å². The number of rotatable bonds is 3. The molecule has 1 aliphatic rings. The molecule has 0 saturated heterocycles. The van der Waals surface area contributed by atoms with Crippen LogP contribution in [0.2, 0.25) is 5.15 Å². The molecule has 0 unspecified atom stereocenters. The van der Waals surface area contributed by atoms with Crippen molar-refractivity contribution in [2.75, 3.05) is 6.54 Å². The van der Waals surface area contributed by atoms with Crippen molar-refractivity contribution in [3.05, 3.63) is 41.0 Å². The lowest BCUT2D eigenvalue weighted by Gasteiger charge is -2.12. The molecule has 3 rings (SSSR count). The molecule has 1 aliphatic carbocycles. The topological polar surface area (TPSA) is 42.0 Å². The van der Waals surface area contributed by atoms with Gasteiger partial charge in [0.1, 0.15) is 5.15 Å². The normalized spacial score (nSPS) is 15.7. The van der Waals surface area contributed by atoms with Gasteiger partial charge in [-0.15, -0.1) is 0 Å². The largest absolute Gasteiger partial charge is 0.352 e. The van der Waals surface area contributed by atoms with E-state index in [0.29, 0.717) is 16.6 Å². The van der Waals surface area contributed by atoms with Gasteiger partial charge in [-0.2, -0.15) is 0 Å². The van der Waals surface area contributed by atoms with E-state index in [4.69, 9.17) is 11.6 Å². The second kappa shape index (κ2) is 5.80. The molecule has 20 heavy (non-hydrogen) atoms. The van der Waals surface area contributed by atoms with E-state index >= 15 is 0 Å². The number of benzene rings is 1. The maximum Gasteiger partial charge on any atom is 0.252 e. The fraction of sp³-hybridized carbons (Fsp3) is 0.375. The van der Waals surface area contributed by atoms with E-state index in [1.165, 1.54) is 25.7 Å². The third kappa shape index (κ3) is 2.78. The van der Waals surface area contributed by atoms with Gasteiger partial charge in [-0.25, -0.2) is 4.98 Å². The van der Waals surface area contributed by atoms with Crippen LogP contribution in [0.4, 0.5) is 0 Å². The van der Waals surface area contributed by atoms with Gasteiger partial charge in [0, 0.05) is 11.9 Å². The summed E-state index contributed by atoms with van der Waals surface area (Å²) in [6.45, 7) is 0.757. The molecule has 3 nitrogen and oxygen atoms in total. The molecule has 4 heteroatoms. The third-order valence-electron chi connectivity index (χ3n) is 3.96. The van der Waals surface area contributed by atoms with Crippen LogP contribution in [-0.4, -0.2) is 17.4 Å². The number of hydrogen-bond donors (Lipinski definition) is 1. The highest BCUT2D eigenvalue weighted by Crippen LogP contribution is 2.24. The number of nitrogens with one attached hydrogen (secondary N) is 1. The zero-order chi connectivity index (χ0) is 13.9. The fourth-order valence-electron chi connectivity index (χ4n) is 2.88. The average molecular weight is 289 g/mol. The van der Waals surface area contributed by atoms with Crippen molar-refractivity contribution >= 4 is 28.4 Å². The molecule has 1 aromatic carbocycles. The monoisotopic (exact) mass is 288 g/mol. The summed E-state index contributed by atoms with van der Waals surface area (Å²) < 4.78 is 0. The molecule has 1 heterocycles. The van der Waals surface area contributed by atoms with Crippen LogP contribution < -0.4 is 5.32 Å². The molecule has 1 aromatic heterocycles. The molecule has 1 saturated carbocycles. The molecule has 1 fully saturated rings. The maximum absolute atomic E-state index is 12.4. The summed E-state index contributed by atoms with van der Waals surface area (Å²) in [6.07, 6.45) is 5.01. The number of para-hydroxylation sites is 1. The third-order valence-corrected chi connectivity index (χ3v) is 4.15. The van der Waals surface area contributed by atoms with Crippen LogP contribution in [0.25, 0.3) is 10.9 Å². The summed E-state index contributed by atoms with van der Waals surface area (Å²) in [7, 11) is 0. The van der Waals surface area contributed by atoms with Crippen LogP contribution >= 0.6 is 11.6 Å². The standard InChI is InChI=1S/C16H17ClN2O/c17-15-9-13(12-7-3-4-8-14(12)19-15)16(20)18-10-11-5-1-2-6-11/h3-4,7-9,11H,1-2,5-6,10H2,(H,18,20). The molecule has 0 aliphatic heterocycles. The lowest BCUT2D eigenvalue weighted by Crippen LogP contribution is -2.28. The Morgan fingerprint density at radius 1 is 1.30 bits per heavy atom. The first kappa shape index (κ1) is 13.4. The van der Waals surface area contributed by atoms with Crippen molar-refractivity contribution in [2.45, 2.75) is 25.7 Å². The van der Waals surface area contributed by atoms with Crippen LogP contribution in [0.1, 0.15) is 36.0 Å². The highest BCUT2D eigenvalue weighted by Gasteiger charge is 2.17. The predicted octanol–water partition coefficient (Wildman–Crippen LogP) is 3.81. The van der Waals surface area contributed by atoms with Crippen molar-refractivity contribution in [3.63, 3.8) is 0 Å². The Morgan fingerprint density at radius 2 is 2.05 bits per heavy atom. The zero-order valence-corrected chi connectivity index (χ0v) is 12.0. The smallest absolute Gasteiger partial charge is 0.252 e. The molecule has 0 radical (unpaired) electrons. The quantitative estimate of drug-likeness (QED) is 0.873. The van der Waals surface area contributed by atoms with Gasteiger partial charge in [0.2, 0.25) is 0 Å². The van der Waals surface area contributed by atoms with E-state index in [-0.39, 0.29) is 5.91 Å². The molecule has 1 N–H and O–H groups in total. The Morgan fingerprint density at radius 3 is 2.85 bits per heavy atom. The van der Waals surface area contributed by atoms with Crippen molar-refractivity contribution in [2.24, 2.45) is 5.92 Å². The fourth-order valence-corrected chi connectivity index (χ4v) is 3.08. The summed E-state index contributed by atoms with van der Waals surface area (Å²) in [5, 5.41) is 4.24. The number of hydrogen-bond acceptors (Lipinski definition) is 2. The molecule has 0 atom stereocenters.